The maximum Gasteiger partial charge on any atom is 0.417 e. The molecule has 0 fully saturated rings. The minimum Gasteiger partial charge on any atom is -0.324 e. The zero-order chi connectivity index (χ0) is 16.4. The van der Waals surface area contributed by atoms with Crippen LogP contribution in [-0.4, -0.2) is 5.91 Å². The summed E-state index contributed by atoms with van der Waals surface area (Å²) in [6.07, 6.45) is -10.8. The number of amides is 1. The third-order valence-electron chi connectivity index (χ3n) is 2.22. The van der Waals surface area contributed by atoms with E-state index in [1.165, 1.54) is 6.07 Å². The molecule has 0 radical (unpaired) electrons. The number of nitriles is 1. The number of benzene rings is 1. The van der Waals surface area contributed by atoms with Gasteiger partial charge >= 0.3 is 12.4 Å². The first-order valence-corrected chi connectivity index (χ1v) is 5.91. The first kappa shape index (κ1) is 17.3. The van der Waals surface area contributed by atoms with E-state index in [9.17, 15) is 31.1 Å². The highest BCUT2D eigenvalue weighted by Crippen LogP contribution is 2.42. The number of hydrogen-bond donors (Lipinski definition) is 1. The summed E-state index contributed by atoms with van der Waals surface area (Å²) in [6, 6.07) is 1.72. The smallest absolute Gasteiger partial charge is 0.324 e. The van der Waals surface area contributed by atoms with Crippen molar-refractivity contribution in [3.05, 3.63) is 27.7 Å². The van der Waals surface area contributed by atoms with Crippen molar-refractivity contribution in [3.63, 3.8) is 0 Å². The third kappa shape index (κ3) is 4.35. The molecule has 0 heterocycles. The van der Waals surface area contributed by atoms with Gasteiger partial charge in [-0.15, -0.1) is 0 Å². The minimum absolute atomic E-state index is 0.0654. The van der Waals surface area contributed by atoms with Gasteiger partial charge in [-0.25, -0.2) is 0 Å². The Bertz CT molecular complexity index is 602. The van der Waals surface area contributed by atoms with Gasteiger partial charge in [0.2, 0.25) is 5.91 Å². The summed E-state index contributed by atoms with van der Waals surface area (Å²) in [5.41, 5.74) is -3.85. The fourth-order valence-corrected chi connectivity index (χ4v) is 1.90. The lowest BCUT2D eigenvalue weighted by atomic mass is 10.1. The molecule has 3 nitrogen and oxygen atoms in total. The monoisotopic (exact) mass is 374 g/mol. The van der Waals surface area contributed by atoms with E-state index < -0.39 is 46.0 Å². The van der Waals surface area contributed by atoms with Crippen LogP contribution in [0.3, 0.4) is 0 Å². The van der Waals surface area contributed by atoms with Crippen molar-refractivity contribution in [1.82, 2.24) is 0 Å². The molecule has 0 aliphatic carbocycles. The highest BCUT2D eigenvalue weighted by atomic mass is 79.9. The van der Waals surface area contributed by atoms with Crippen LogP contribution < -0.4 is 5.32 Å². The van der Waals surface area contributed by atoms with Gasteiger partial charge in [-0.05, 0) is 28.1 Å². The zero-order valence-electron chi connectivity index (χ0n) is 9.86. The molecule has 10 heteroatoms. The summed E-state index contributed by atoms with van der Waals surface area (Å²) >= 11 is 2.51. The SMILES string of the molecule is N#CCC(=O)Nc1cc(C(F)(F)F)cc(C(F)(F)F)c1Br. The lowest BCUT2D eigenvalue weighted by Gasteiger charge is -2.17. The van der Waals surface area contributed by atoms with Crippen molar-refractivity contribution >= 4 is 27.5 Å². The van der Waals surface area contributed by atoms with Gasteiger partial charge < -0.3 is 5.32 Å². The van der Waals surface area contributed by atoms with E-state index in [1.807, 2.05) is 5.32 Å². The molecule has 1 aromatic rings. The van der Waals surface area contributed by atoms with Crippen LogP contribution in [0.4, 0.5) is 32.0 Å². The Kier molecular flexibility index (Phi) is 4.88. The number of carbonyl (C=O) groups is 1. The predicted octanol–water partition coefficient (Wildman–Crippen LogP) is 4.34. The zero-order valence-corrected chi connectivity index (χ0v) is 11.4. The number of alkyl halides is 6. The quantitative estimate of drug-likeness (QED) is 0.783. The maximum atomic E-state index is 12.7. The standard InChI is InChI=1S/C11H5BrF6N2O/c12-9-6(11(16,17)18)3-5(10(13,14)15)4-7(9)20-8(21)1-2-19/h3-4H,1H2,(H,20,21). The molecule has 0 saturated carbocycles. The molecule has 21 heavy (non-hydrogen) atoms. The minimum atomic E-state index is -5.05. The Morgan fingerprint density at radius 1 is 1.19 bits per heavy atom. The van der Waals surface area contributed by atoms with Crippen molar-refractivity contribution in [3.8, 4) is 6.07 Å². The first-order chi connectivity index (χ1) is 9.46. The van der Waals surface area contributed by atoms with Gasteiger partial charge in [-0.3, -0.25) is 4.79 Å². The van der Waals surface area contributed by atoms with E-state index in [0.717, 1.165) is 0 Å². The second-order valence-electron chi connectivity index (χ2n) is 3.76. The van der Waals surface area contributed by atoms with Crippen molar-refractivity contribution < 1.29 is 31.1 Å². The van der Waals surface area contributed by atoms with E-state index >= 15 is 0 Å². The Morgan fingerprint density at radius 3 is 2.19 bits per heavy atom. The van der Waals surface area contributed by atoms with Gasteiger partial charge in [0.25, 0.3) is 0 Å². The van der Waals surface area contributed by atoms with Crippen LogP contribution in [0.2, 0.25) is 0 Å². The van der Waals surface area contributed by atoms with Gasteiger partial charge in [0.15, 0.2) is 0 Å². The second-order valence-corrected chi connectivity index (χ2v) is 4.56. The topological polar surface area (TPSA) is 52.9 Å². The molecule has 0 saturated heterocycles. The number of carbonyl (C=O) groups excluding carboxylic acids is 1. The van der Waals surface area contributed by atoms with Crippen molar-refractivity contribution in [2.24, 2.45) is 0 Å². The molecular formula is C11H5BrF6N2O. The van der Waals surface area contributed by atoms with E-state index in [1.54, 1.807) is 0 Å². The largest absolute Gasteiger partial charge is 0.417 e. The van der Waals surface area contributed by atoms with Crippen molar-refractivity contribution in [2.45, 2.75) is 18.8 Å². The summed E-state index contributed by atoms with van der Waals surface area (Å²) in [7, 11) is 0. The Labute approximate surface area is 122 Å². The number of halogens is 7. The van der Waals surface area contributed by atoms with E-state index in [4.69, 9.17) is 5.26 Å². The Hall–Kier alpha value is -1.76. The number of hydrogen-bond acceptors (Lipinski definition) is 2. The van der Waals surface area contributed by atoms with E-state index in [2.05, 4.69) is 15.9 Å². The molecule has 0 bridgehead atoms. The second kappa shape index (κ2) is 5.93. The van der Waals surface area contributed by atoms with Crippen molar-refractivity contribution in [2.75, 3.05) is 5.32 Å². The predicted molar refractivity (Wildman–Crippen MR) is 63.0 cm³/mol. The fraction of sp³-hybridized carbons (Fsp3) is 0.273. The molecule has 1 N–H and O–H groups in total. The molecular weight excluding hydrogens is 370 g/mol. The molecule has 1 amide bonds. The van der Waals surface area contributed by atoms with Gasteiger partial charge in [0, 0.05) is 0 Å². The molecule has 0 aliphatic heterocycles. The molecule has 1 rings (SSSR count). The molecule has 114 valence electrons. The highest BCUT2D eigenvalue weighted by molar-refractivity contribution is 9.10. The third-order valence-corrected chi connectivity index (χ3v) is 3.07. The molecule has 0 aliphatic rings. The van der Waals surface area contributed by atoms with Gasteiger partial charge in [0.05, 0.1) is 27.4 Å². The first-order valence-electron chi connectivity index (χ1n) is 5.11. The lowest BCUT2D eigenvalue weighted by Crippen LogP contribution is -2.16. The van der Waals surface area contributed by atoms with Gasteiger partial charge in [-0.2, -0.15) is 31.6 Å². The summed E-state index contributed by atoms with van der Waals surface area (Å²) < 4.78 is 75.2. The molecule has 0 unspecified atom stereocenters. The van der Waals surface area contributed by atoms with Crippen LogP contribution in [0, 0.1) is 11.3 Å². The summed E-state index contributed by atoms with van der Waals surface area (Å²) in [6.45, 7) is 0. The van der Waals surface area contributed by atoms with Crippen LogP contribution in [0.5, 0.6) is 0 Å². The number of nitrogens with one attached hydrogen (secondary N) is 1. The number of rotatable bonds is 2. The number of anilines is 1. The van der Waals surface area contributed by atoms with Crippen LogP contribution >= 0.6 is 15.9 Å². The van der Waals surface area contributed by atoms with E-state index in [0.29, 0.717) is 6.07 Å². The van der Waals surface area contributed by atoms with Crippen molar-refractivity contribution in [1.29, 1.82) is 5.26 Å². The van der Waals surface area contributed by atoms with Gasteiger partial charge in [-0.1, -0.05) is 0 Å². The summed E-state index contributed by atoms with van der Waals surface area (Å²) in [4.78, 5) is 11.2. The summed E-state index contributed by atoms with van der Waals surface area (Å²) in [5, 5.41) is 10.1. The van der Waals surface area contributed by atoms with E-state index in [-0.39, 0.29) is 6.07 Å². The normalized spacial score (nSPS) is 11.9. The number of nitrogens with zero attached hydrogens (tertiary/aromatic N) is 1. The molecule has 0 spiro atoms. The molecule has 1 aromatic carbocycles. The molecule has 0 atom stereocenters. The fourth-order valence-electron chi connectivity index (χ4n) is 1.35. The Morgan fingerprint density at radius 2 is 1.76 bits per heavy atom. The maximum absolute atomic E-state index is 12.7. The average molecular weight is 375 g/mol. The van der Waals surface area contributed by atoms with Crippen LogP contribution in [0.1, 0.15) is 17.5 Å². The van der Waals surface area contributed by atoms with Crippen LogP contribution in [0.15, 0.2) is 16.6 Å². The van der Waals surface area contributed by atoms with Crippen LogP contribution in [-0.2, 0) is 17.1 Å². The van der Waals surface area contributed by atoms with Gasteiger partial charge in [0.1, 0.15) is 6.42 Å². The van der Waals surface area contributed by atoms with Crippen LogP contribution in [0.25, 0.3) is 0 Å². The lowest BCUT2D eigenvalue weighted by molar-refractivity contribution is -0.143. The summed E-state index contributed by atoms with van der Waals surface area (Å²) in [5.74, 6) is -1.02. The average Bonchev–Trinajstić information content (AvgIpc) is 2.28. The Balaban J connectivity index is 3.43. The molecule has 0 aromatic heterocycles. The highest BCUT2D eigenvalue weighted by Gasteiger charge is 2.39.